The number of hydrogen-bond donors (Lipinski definition) is 2. The maximum atomic E-state index is 12.6. The third-order valence-electron chi connectivity index (χ3n) is 4.69. The van der Waals surface area contributed by atoms with Gasteiger partial charge in [0.15, 0.2) is 0 Å². The van der Waals surface area contributed by atoms with Gasteiger partial charge in [-0.05, 0) is 44.1 Å². The molecular formula is C19H24N2O2S. The number of hydrogen-bond acceptors (Lipinski definition) is 4. The van der Waals surface area contributed by atoms with Crippen molar-refractivity contribution in [2.75, 3.05) is 6.61 Å². The lowest BCUT2D eigenvalue weighted by Crippen LogP contribution is -2.38. The molecule has 2 aromatic rings. The molecule has 1 aliphatic rings. The van der Waals surface area contributed by atoms with E-state index in [2.05, 4.69) is 22.4 Å². The highest BCUT2D eigenvalue weighted by molar-refractivity contribution is 7.13. The summed E-state index contributed by atoms with van der Waals surface area (Å²) in [4.78, 5) is 17.9. The minimum absolute atomic E-state index is 0.00300. The number of carbonyl (C=O) groups is 1. The molecule has 0 bridgehead atoms. The van der Waals surface area contributed by atoms with Crippen molar-refractivity contribution in [3.05, 3.63) is 51.5 Å². The van der Waals surface area contributed by atoms with Crippen molar-refractivity contribution in [2.24, 2.45) is 5.92 Å². The summed E-state index contributed by atoms with van der Waals surface area (Å²) in [5.74, 6) is 0.400. The zero-order valence-electron chi connectivity index (χ0n) is 14.0. The fourth-order valence-corrected chi connectivity index (χ4v) is 4.25. The summed E-state index contributed by atoms with van der Waals surface area (Å²) < 4.78 is 0. The van der Waals surface area contributed by atoms with Crippen molar-refractivity contribution in [3.8, 4) is 0 Å². The molecule has 24 heavy (non-hydrogen) atoms. The molecule has 0 atom stereocenters. The Morgan fingerprint density at radius 2 is 1.96 bits per heavy atom. The predicted octanol–water partition coefficient (Wildman–Crippen LogP) is 3.32. The van der Waals surface area contributed by atoms with Crippen LogP contribution in [0.15, 0.2) is 30.3 Å². The molecule has 1 saturated carbocycles. The van der Waals surface area contributed by atoms with Gasteiger partial charge in [-0.1, -0.05) is 30.3 Å². The number of amides is 1. The van der Waals surface area contributed by atoms with E-state index in [1.807, 2.05) is 25.1 Å². The van der Waals surface area contributed by atoms with Gasteiger partial charge < -0.3 is 10.4 Å². The number of nitrogens with zero attached hydrogens (tertiary/aromatic N) is 1. The van der Waals surface area contributed by atoms with Gasteiger partial charge in [0.1, 0.15) is 4.88 Å². The molecule has 1 heterocycles. The molecule has 2 N–H and O–H groups in total. The van der Waals surface area contributed by atoms with Crippen LogP contribution in [0.4, 0.5) is 0 Å². The van der Waals surface area contributed by atoms with E-state index < -0.39 is 0 Å². The lowest BCUT2D eigenvalue weighted by molar-refractivity contribution is 0.0917. The van der Waals surface area contributed by atoms with Crippen molar-refractivity contribution >= 4 is 17.2 Å². The molecule has 1 fully saturated rings. The third kappa shape index (κ3) is 4.22. The van der Waals surface area contributed by atoms with Crippen LogP contribution in [0.3, 0.4) is 0 Å². The normalized spacial score (nSPS) is 20.8. The zero-order valence-corrected chi connectivity index (χ0v) is 14.8. The smallest absolute Gasteiger partial charge is 0.263 e. The molecule has 4 nitrogen and oxygen atoms in total. The van der Waals surface area contributed by atoms with Gasteiger partial charge >= 0.3 is 0 Å². The Morgan fingerprint density at radius 3 is 2.62 bits per heavy atom. The van der Waals surface area contributed by atoms with Crippen molar-refractivity contribution < 1.29 is 9.90 Å². The van der Waals surface area contributed by atoms with Crippen LogP contribution in [0.1, 0.15) is 51.6 Å². The first-order chi connectivity index (χ1) is 11.7. The van der Waals surface area contributed by atoms with E-state index in [-0.39, 0.29) is 18.6 Å². The molecule has 0 aliphatic heterocycles. The van der Waals surface area contributed by atoms with E-state index in [0.717, 1.165) is 47.7 Å². The van der Waals surface area contributed by atoms with Crippen LogP contribution in [-0.4, -0.2) is 28.6 Å². The summed E-state index contributed by atoms with van der Waals surface area (Å²) in [6.45, 7) is 2.17. The van der Waals surface area contributed by atoms with Gasteiger partial charge in [0, 0.05) is 19.1 Å². The second-order valence-corrected chi connectivity index (χ2v) is 7.64. The van der Waals surface area contributed by atoms with E-state index in [9.17, 15) is 9.90 Å². The molecule has 1 amide bonds. The predicted molar refractivity (Wildman–Crippen MR) is 96.4 cm³/mol. The Hall–Kier alpha value is -1.72. The van der Waals surface area contributed by atoms with Gasteiger partial charge in [-0.3, -0.25) is 4.79 Å². The van der Waals surface area contributed by atoms with Crippen molar-refractivity contribution in [2.45, 2.75) is 45.1 Å². The number of aryl methyl sites for hydroxylation is 1. The second kappa shape index (κ2) is 7.90. The number of aromatic nitrogens is 1. The highest BCUT2D eigenvalue weighted by Gasteiger charge is 2.24. The summed E-state index contributed by atoms with van der Waals surface area (Å²) in [7, 11) is 0. The average Bonchev–Trinajstić information content (AvgIpc) is 2.97. The van der Waals surface area contributed by atoms with Gasteiger partial charge in [-0.25, -0.2) is 4.98 Å². The number of aliphatic hydroxyl groups is 1. The van der Waals surface area contributed by atoms with E-state index in [1.54, 1.807) is 0 Å². The van der Waals surface area contributed by atoms with E-state index in [4.69, 9.17) is 0 Å². The Bertz CT molecular complexity index is 676. The van der Waals surface area contributed by atoms with Gasteiger partial charge in [-0.2, -0.15) is 0 Å². The van der Waals surface area contributed by atoms with Crippen LogP contribution in [0.2, 0.25) is 0 Å². The van der Waals surface area contributed by atoms with E-state index in [0.29, 0.717) is 5.92 Å². The van der Waals surface area contributed by atoms with E-state index >= 15 is 0 Å². The van der Waals surface area contributed by atoms with Gasteiger partial charge in [0.05, 0.1) is 10.7 Å². The molecular weight excluding hydrogens is 320 g/mol. The third-order valence-corrected chi connectivity index (χ3v) is 5.84. The number of carbonyl (C=O) groups excluding carboxylic acids is 1. The topological polar surface area (TPSA) is 62.2 Å². The minimum Gasteiger partial charge on any atom is -0.396 e. The number of benzene rings is 1. The maximum Gasteiger partial charge on any atom is 0.263 e. The molecule has 0 saturated heterocycles. The van der Waals surface area contributed by atoms with Crippen LogP contribution < -0.4 is 5.32 Å². The van der Waals surface area contributed by atoms with Crippen molar-refractivity contribution in [1.82, 2.24) is 10.3 Å². The highest BCUT2D eigenvalue weighted by Crippen LogP contribution is 2.25. The molecule has 1 aromatic carbocycles. The summed E-state index contributed by atoms with van der Waals surface area (Å²) in [6.07, 6.45) is 4.64. The first-order valence-electron chi connectivity index (χ1n) is 8.57. The largest absolute Gasteiger partial charge is 0.396 e. The fraction of sp³-hybridized carbons (Fsp3) is 0.474. The molecule has 128 valence electrons. The van der Waals surface area contributed by atoms with E-state index in [1.165, 1.54) is 16.9 Å². The fourth-order valence-electron chi connectivity index (χ4n) is 3.25. The second-order valence-electron chi connectivity index (χ2n) is 6.56. The first-order valence-corrected chi connectivity index (χ1v) is 9.39. The molecule has 1 aliphatic carbocycles. The molecule has 1 aromatic heterocycles. The summed E-state index contributed by atoms with van der Waals surface area (Å²) in [6, 6.07) is 10.4. The van der Waals surface area contributed by atoms with Crippen molar-refractivity contribution in [3.63, 3.8) is 0 Å². The number of thiazole rings is 1. The SMILES string of the molecule is Cc1nc(Cc2ccccc2)sc1C(=O)NC1CCC(CO)CC1. The Balaban J connectivity index is 1.61. The van der Waals surface area contributed by atoms with Gasteiger partial charge in [-0.15, -0.1) is 11.3 Å². The Labute approximate surface area is 146 Å². The highest BCUT2D eigenvalue weighted by atomic mass is 32.1. The molecule has 0 radical (unpaired) electrons. The number of nitrogens with one attached hydrogen (secondary N) is 1. The summed E-state index contributed by atoms with van der Waals surface area (Å²) >= 11 is 1.49. The lowest BCUT2D eigenvalue weighted by Gasteiger charge is -2.27. The maximum absolute atomic E-state index is 12.6. The quantitative estimate of drug-likeness (QED) is 0.874. The Kier molecular flexibility index (Phi) is 5.63. The van der Waals surface area contributed by atoms with Crippen LogP contribution in [0, 0.1) is 12.8 Å². The lowest BCUT2D eigenvalue weighted by atomic mass is 9.86. The van der Waals surface area contributed by atoms with Gasteiger partial charge in [0.25, 0.3) is 5.91 Å². The van der Waals surface area contributed by atoms with Crippen LogP contribution in [0.25, 0.3) is 0 Å². The van der Waals surface area contributed by atoms with Crippen LogP contribution in [0.5, 0.6) is 0 Å². The molecule has 3 rings (SSSR count). The summed E-state index contributed by atoms with van der Waals surface area (Å²) in [5.41, 5.74) is 2.02. The monoisotopic (exact) mass is 344 g/mol. The van der Waals surface area contributed by atoms with Gasteiger partial charge in [0.2, 0.25) is 0 Å². The first kappa shape index (κ1) is 17.1. The van der Waals surface area contributed by atoms with Crippen molar-refractivity contribution in [1.29, 1.82) is 0 Å². The average molecular weight is 344 g/mol. The minimum atomic E-state index is -0.00300. The zero-order chi connectivity index (χ0) is 16.9. The Morgan fingerprint density at radius 1 is 1.25 bits per heavy atom. The van der Waals surface area contributed by atoms with Crippen LogP contribution in [-0.2, 0) is 6.42 Å². The van der Waals surface area contributed by atoms with Crippen LogP contribution >= 0.6 is 11.3 Å². The summed E-state index contributed by atoms with van der Waals surface area (Å²) in [5, 5.41) is 13.3. The molecule has 0 spiro atoms. The molecule has 5 heteroatoms. The number of rotatable bonds is 5. The standard InChI is InChI=1S/C19H24N2O2S/c1-13-18(19(23)21-16-9-7-15(12-22)8-10-16)24-17(20-13)11-14-5-3-2-4-6-14/h2-6,15-16,22H,7-12H2,1H3,(H,21,23). The number of aliphatic hydroxyl groups excluding tert-OH is 1. The molecule has 0 unspecified atom stereocenters.